The number of hydrogen-bond donors (Lipinski definition) is 2. The fourth-order valence-corrected chi connectivity index (χ4v) is 2.42. The van der Waals surface area contributed by atoms with Gasteiger partial charge in [0.2, 0.25) is 0 Å². The molecule has 4 nitrogen and oxygen atoms in total. The van der Waals surface area contributed by atoms with Crippen LogP contribution in [0.15, 0.2) is 18.2 Å². The van der Waals surface area contributed by atoms with E-state index >= 15 is 0 Å². The molecule has 0 aromatic heterocycles. The number of carbonyl (C=O) groups is 2. The summed E-state index contributed by atoms with van der Waals surface area (Å²) in [5, 5.41) is 12.3. The second-order valence-corrected chi connectivity index (χ2v) is 5.21. The molecule has 1 fully saturated rings. The molecule has 0 bridgehead atoms. The molecule has 1 aliphatic rings. The van der Waals surface area contributed by atoms with E-state index in [2.05, 4.69) is 5.32 Å². The Morgan fingerprint density at radius 3 is 2.22 bits per heavy atom. The van der Waals surface area contributed by atoms with Crippen molar-refractivity contribution in [1.82, 2.24) is 5.32 Å². The number of nitrogens with one attached hydrogen (secondary N) is 1. The van der Waals surface area contributed by atoms with Crippen LogP contribution >= 0.6 is 23.2 Å². The Balaban J connectivity index is 1.95. The van der Waals surface area contributed by atoms with E-state index in [4.69, 9.17) is 28.3 Å². The molecular weight excluding hydrogens is 277 g/mol. The second kappa shape index (κ2) is 5.16. The molecule has 0 heterocycles. The summed E-state index contributed by atoms with van der Waals surface area (Å²) in [6.07, 6.45) is 0.935. The van der Waals surface area contributed by atoms with Gasteiger partial charge in [-0.05, 0) is 31.0 Å². The highest BCUT2D eigenvalue weighted by atomic mass is 35.5. The predicted molar refractivity (Wildman–Crippen MR) is 68.1 cm³/mol. The summed E-state index contributed by atoms with van der Waals surface area (Å²) in [5.41, 5.74) is 0.381. The third-order valence-electron chi connectivity index (χ3n) is 2.95. The van der Waals surface area contributed by atoms with Crippen molar-refractivity contribution in [3.63, 3.8) is 0 Å². The smallest absolute Gasteiger partial charge is 0.306 e. The fourth-order valence-electron chi connectivity index (χ4n) is 1.89. The Hall–Kier alpha value is -1.26. The zero-order valence-electron chi connectivity index (χ0n) is 9.32. The minimum Gasteiger partial charge on any atom is -0.481 e. The number of amides is 1. The largest absolute Gasteiger partial charge is 0.481 e. The van der Waals surface area contributed by atoms with Gasteiger partial charge in [-0.15, -0.1) is 0 Å². The van der Waals surface area contributed by atoms with E-state index in [0.29, 0.717) is 28.5 Å². The normalized spacial score (nSPS) is 22.1. The first kappa shape index (κ1) is 13.2. The molecular formula is C12H11Cl2NO3. The number of hydrogen-bond acceptors (Lipinski definition) is 2. The topological polar surface area (TPSA) is 66.4 Å². The van der Waals surface area contributed by atoms with Gasteiger partial charge in [-0.3, -0.25) is 9.59 Å². The van der Waals surface area contributed by atoms with Crippen LogP contribution in [-0.2, 0) is 4.79 Å². The standard InChI is InChI=1S/C12H11Cl2NO3/c13-8-1-6(2-9(14)5-8)11(16)15-10-3-7(4-10)12(17)18/h1-2,5,7,10H,3-4H2,(H,15,16)(H,17,18). The molecule has 1 aromatic carbocycles. The molecule has 1 saturated carbocycles. The minimum absolute atomic E-state index is 0.0867. The molecule has 18 heavy (non-hydrogen) atoms. The number of aliphatic carboxylic acids is 1. The lowest BCUT2D eigenvalue weighted by Crippen LogP contribution is -2.46. The van der Waals surface area contributed by atoms with E-state index in [1.807, 2.05) is 0 Å². The van der Waals surface area contributed by atoms with Crippen LogP contribution in [0.1, 0.15) is 23.2 Å². The highest BCUT2D eigenvalue weighted by Gasteiger charge is 2.35. The maximum atomic E-state index is 11.9. The second-order valence-electron chi connectivity index (χ2n) is 4.34. The number of carboxylic acids is 1. The Morgan fingerprint density at radius 2 is 1.72 bits per heavy atom. The first-order valence-electron chi connectivity index (χ1n) is 5.45. The van der Waals surface area contributed by atoms with Gasteiger partial charge in [-0.25, -0.2) is 0 Å². The Bertz CT molecular complexity index is 478. The van der Waals surface area contributed by atoms with Crippen molar-refractivity contribution < 1.29 is 14.7 Å². The van der Waals surface area contributed by atoms with Crippen molar-refractivity contribution in [2.45, 2.75) is 18.9 Å². The van der Waals surface area contributed by atoms with Crippen LogP contribution in [0.25, 0.3) is 0 Å². The van der Waals surface area contributed by atoms with Crippen LogP contribution in [0.2, 0.25) is 10.0 Å². The highest BCUT2D eigenvalue weighted by molar-refractivity contribution is 6.35. The summed E-state index contributed by atoms with van der Waals surface area (Å²) in [4.78, 5) is 22.5. The Kier molecular flexibility index (Phi) is 3.78. The van der Waals surface area contributed by atoms with Gasteiger partial charge >= 0.3 is 5.97 Å². The van der Waals surface area contributed by atoms with Crippen LogP contribution < -0.4 is 5.32 Å². The van der Waals surface area contributed by atoms with Crippen LogP contribution in [-0.4, -0.2) is 23.0 Å². The van der Waals surface area contributed by atoms with Crippen molar-refractivity contribution in [2.24, 2.45) is 5.92 Å². The van der Waals surface area contributed by atoms with E-state index < -0.39 is 5.97 Å². The van der Waals surface area contributed by atoms with Gasteiger partial charge in [-0.2, -0.15) is 0 Å². The number of carboxylic acid groups (broad SMARTS) is 1. The number of benzene rings is 1. The Morgan fingerprint density at radius 1 is 1.17 bits per heavy atom. The Labute approximate surface area is 114 Å². The van der Waals surface area contributed by atoms with Gasteiger partial charge < -0.3 is 10.4 Å². The molecule has 2 rings (SSSR count). The average Bonchev–Trinajstić information content (AvgIpc) is 2.20. The quantitative estimate of drug-likeness (QED) is 0.898. The first-order chi connectivity index (χ1) is 8.45. The number of carbonyl (C=O) groups excluding carboxylic acids is 1. The van der Waals surface area contributed by atoms with E-state index in [9.17, 15) is 9.59 Å². The summed E-state index contributed by atoms with van der Waals surface area (Å²) >= 11 is 11.6. The SMILES string of the molecule is O=C(NC1CC(C(=O)O)C1)c1cc(Cl)cc(Cl)c1. The van der Waals surface area contributed by atoms with Crippen molar-refractivity contribution in [3.8, 4) is 0 Å². The van der Waals surface area contributed by atoms with E-state index in [0.717, 1.165) is 0 Å². The molecule has 0 aliphatic heterocycles. The summed E-state index contributed by atoms with van der Waals surface area (Å²) in [7, 11) is 0. The van der Waals surface area contributed by atoms with Gasteiger partial charge in [0.25, 0.3) is 5.91 Å². The van der Waals surface area contributed by atoms with Crippen LogP contribution in [0.5, 0.6) is 0 Å². The number of halogens is 2. The third kappa shape index (κ3) is 2.94. The first-order valence-corrected chi connectivity index (χ1v) is 6.21. The van der Waals surface area contributed by atoms with Gasteiger partial charge in [0.05, 0.1) is 5.92 Å². The van der Waals surface area contributed by atoms with E-state index in [1.54, 1.807) is 6.07 Å². The average molecular weight is 288 g/mol. The lowest BCUT2D eigenvalue weighted by atomic mass is 9.80. The maximum absolute atomic E-state index is 11.9. The van der Waals surface area contributed by atoms with Crippen molar-refractivity contribution in [2.75, 3.05) is 0 Å². The van der Waals surface area contributed by atoms with Crippen LogP contribution in [0.4, 0.5) is 0 Å². The molecule has 6 heteroatoms. The minimum atomic E-state index is -0.814. The van der Waals surface area contributed by atoms with Crippen LogP contribution in [0.3, 0.4) is 0 Å². The van der Waals surface area contributed by atoms with Gasteiger partial charge in [0.1, 0.15) is 0 Å². The molecule has 0 atom stereocenters. The van der Waals surface area contributed by atoms with E-state index in [1.165, 1.54) is 12.1 Å². The summed E-state index contributed by atoms with van der Waals surface area (Å²) in [5.74, 6) is -1.45. The molecule has 1 aliphatic carbocycles. The monoisotopic (exact) mass is 287 g/mol. The third-order valence-corrected chi connectivity index (χ3v) is 3.38. The molecule has 0 unspecified atom stereocenters. The van der Waals surface area contributed by atoms with Crippen LogP contribution in [0, 0.1) is 5.92 Å². The lowest BCUT2D eigenvalue weighted by molar-refractivity contribution is -0.145. The summed E-state index contributed by atoms with van der Waals surface area (Å²) in [6.45, 7) is 0. The molecule has 96 valence electrons. The maximum Gasteiger partial charge on any atom is 0.306 e. The number of rotatable bonds is 3. The fraction of sp³-hybridized carbons (Fsp3) is 0.333. The van der Waals surface area contributed by atoms with Gasteiger partial charge in [0.15, 0.2) is 0 Å². The molecule has 0 saturated heterocycles. The van der Waals surface area contributed by atoms with Gasteiger partial charge in [-0.1, -0.05) is 23.2 Å². The molecule has 1 amide bonds. The zero-order chi connectivity index (χ0) is 13.3. The molecule has 2 N–H and O–H groups in total. The highest BCUT2D eigenvalue weighted by Crippen LogP contribution is 2.28. The zero-order valence-corrected chi connectivity index (χ0v) is 10.8. The van der Waals surface area contributed by atoms with Crippen molar-refractivity contribution in [3.05, 3.63) is 33.8 Å². The summed E-state index contributed by atoms with van der Waals surface area (Å²) in [6, 6.07) is 4.51. The van der Waals surface area contributed by atoms with Crippen molar-refractivity contribution >= 4 is 35.1 Å². The molecule has 0 spiro atoms. The van der Waals surface area contributed by atoms with Crippen molar-refractivity contribution in [1.29, 1.82) is 0 Å². The predicted octanol–water partition coefficient (Wildman–Crippen LogP) is 2.59. The lowest BCUT2D eigenvalue weighted by Gasteiger charge is -2.32. The molecule has 0 radical (unpaired) electrons. The molecule has 1 aromatic rings. The summed E-state index contributed by atoms with van der Waals surface area (Å²) < 4.78 is 0. The van der Waals surface area contributed by atoms with Gasteiger partial charge in [0, 0.05) is 21.7 Å². The van der Waals surface area contributed by atoms with E-state index in [-0.39, 0.29) is 17.9 Å².